The topological polar surface area (TPSA) is 52.9 Å². The first-order valence-electron chi connectivity index (χ1n) is 5.21. The van der Waals surface area contributed by atoms with Gasteiger partial charge in [-0.15, -0.1) is 0 Å². The molecule has 0 saturated heterocycles. The van der Waals surface area contributed by atoms with E-state index in [2.05, 4.69) is 5.32 Å². The van der Waals surface area contributed by atoms with Gasteiger partial charge in [0.2, 0.25) is 0 Å². The Morgan fingerprint density at radius 3 is 2.94 bits per heavy atom. The number of amides is 1. The van der Waals surface area contributed by atoms with Crippen LogP contribution in [0.4, 0.5) is 4.39 Å². The molecule has 0 saturated carbocycles. The molecule has 3 nitrogen and oxygen atoms in total. The van der Waals surface area contributed by atoms with Crippen LogP contribution in [0.25, 0.3) is 0 Å². The molecule has 0 spiro atoms. The summed E-state index contributed by atoms with van der Waals surface area (Å²) in [5.41, 5.74) is -0.103. The maximum absolute atomic E-state index is 13.4. The van der Waals surface area contributed by atoms with Crippen molar-refractivity contribution < 1.29 is 9.18 Å². The van der Waals surface area contributed by atoms with E-state index in [1.807, 2.05) is 13.0 Å². The monoisotopic (exact) mass is 254 g/mol. The second-order valence-electron chi connectivity index (χ2n) is 3.57. The summed E-state index contributed by atoms with van der Waals surface area (Å²) in [6, 6.07) is 5.48. The van der Waals surface area contributed by atoms with Gasteiger partial charge in [0.05, 0.1) is 18.1 Å². The molecule has 0 aromatic heterocycles. The first-order chi connectivity index (χ1) is 8.08. The largest absolute Gasteiger partial charge is 0.348 e. The molecule has 17 heavy (non-hydrogen) atoms. The highest BCUT2D eigenvalue weighted by Gasteiger charge is 2.15. The lowest BCUT2D eigenvalue weighted by molar-refractivity contribution is 0.0932. The van der Waals surface area contributed by atoms with Crippen molar-refractivity contribution in [1.29, 1.82) is 5.26 Å². The Balaban J connectivity index is 2.82. The normalized spacial score (nSPS) is 11.6. The van der Waals surface area contributed by atoms with E-state index in [4.69, 9.17) is 16.9 Å². The third-order valence-electron chi connectivity index (χ3n) is 2.34. The predicted molar refractivity (Wildman–Crippen MR) is 63.2 cm³/mol. The molecule has 0 aliphatic rings. The minimum Gasteiger partial charge on any atom is -0.348 e. The van der Waals surface area contributed by atoms with Gasteiger partial charge in [-0.3, -0.25) is 4.79 Å². The first kappa shape index (κ1) is 13.5. The van der Waals surface area contributed by atoms with Crippen molar-refractivity contribution in [3.05, 3.63) is 34.6 Å². The van der Waals surface area contributed by atoms with E-state index in [0.717, 1.165) is 6.07 Å². The van der Waals surface area contributed by atoms with E-state index >= 15 is 0 Å². The van der Waals surface area contributed by atoms with Gasteiger partial charge in [0.15, 0.2) is 0 Å². The highest BCUT2D eigenvalue weighted by atomic mass is 35.5. The molecule has 1 atom stereocenters. The number of nitriles is 1. The Labute approximate surface area is 104 Å². The van der Waals surface area contributed by atoms with E-state index in [0.29, 0.717) is 11.4 Å². The molecule has 0 fully saturated rings. The minimum absolute atomic E-state index is 0.103. The summed E-state index contributed by atoms with van der Waals surface area (Å²) in [5, 5.41) is 11.4. The third kappa shape index (κ3) is 3.72. The van der Waals surface area contributed by atoms with Crippen molar-refractivity contribution in [2.24, 2.45) is 0 Å². The Kier molecular flexibility index (Phi) is 4.92. The second-order valence-corrected chi connectivity index (χ2v) is 4.00. The molecular formula is C12H12ClFN2O. The van der Waals surface area contributed by atoms with Crippen LogP contribution in [0.2, 0.25) is 5.02 Å². The molecule has 90 valence electrons. The maximum atomic E-state index is 13.4. The van der Waals surface area contributed by atoms with Crippen LogP contribution in [-0.4, -0.2) is 11.9 Å². The van der Waals surface area contributed by atoms with E-state index in [1.165, 1.54) is 12.1 Å². The molecule has 0 radical (unpaired) electrons. The fourth-order valence-electron chi connectivity index (χ4n) is 1.34. The quantitative estimate of drug-likeness (QED) is 0.898. The minimum atomic E-state index is -0.626. The predicted octanol–water partition coefficient (Wildman–Crippen LogP) is 2.90. The van der Waals surface area contributed by atoms with Gasteiger partial charge in [-0.05, 0) is 24.6 Å². The van der Waals surface area contributed by atoms with Crippen molar-refractivity contribution >= 4 is 17.5 Å². The Bertz CT molecular complexity index is 456. The van der Waals surface area contributed by atoms with Crippen LogP contribution in [0.3, 0.4) is 0 Å². The summed E-state index contributed by atoms with van der Waals surface area (Å²) in [6.45, 7) is 1.84. The fraction of sp³-hybridized carbons (Fsp3) is 0.333. The van der Waals surface area contributed by atoms with Crippen molar-refractivity contribution in [2.45, 2.75) is 25.8 Å². The molecule has 1 unspecified atom stereocenters. The summed E-state index contributed by atoms with van der Waals surface area (Å²) in [7, 11) is 0. The molecule has 0 aliphatic heterocycles. The first-order valence-corrected chi connectivity index (χ1v) is 5.59. The van der Waals surface area contributed by atoms with Gasteiger partial charge >= 0.3 is 0 Å². The van der Waals surface area contributed by atoms with E-state index in [9.17, 15) is 9.18 Å². The molecule has 0 heterocycles. The van der Waals surface area contributed by atoms with E-state index in [1.54, 1.807) is 0 Å². The smallest absolute Gasteiger partial charge is 0.254 e. The lowest BCUT2D eigenvalue weighted by atomic mass is 10.1. The van der Waals surface area contributed by atoms with Crippen LogP contribution in [0.1, 0.15) is 30.1 Å². The number of nitrogens with zero attached hydrogens (tertiary/aromatic N) is 1. The average molecular weight is 255 g/mol. The standard InChI is InChI=1S/C12H12ClFN2O/c1-2-9(5-6-15)16-12(17)10-7-8(13)3-4-11(10)14/h3-4,7,9H,2,5H2,1H3,(H,16,17). The summed E-state index contributed by atoms with van der Waals surface area (Å²) in [4.78, 5) is 11.7. The van der Waals surface area contributed by atoms with Gasteiger partial charge in [-0.2, -0.15) is 5.26 Å². The van der Waals surface area contributed by atoms with Gasteiger partial charge in [0, 0.05) is 11.1 Å². The van der Waals surface area contributed by atoms with Gasteiger partial charge in [-0.25, -0.2) is 4.39 Å². The van der Waals surface area contributed by atoms with Crippen LogP contribution in [0.5, 0.6) is 0 Å². The van der Waals surface area contributed by atoms with Crippen molar-refractivity contribution in [2.75, 3.05) is 0 Å². The van der Waals surface area contributed by atoms with Crippen LogP contribution in [-0.2, 0) is 0 Å². The lowest BCUT2D eigenvalue weighted by Crippen LogP contribution is -2.34. The fourth-order valence-corrected chi connectivity index (χ4v) is 1.51. The Morgan fingerprint density at radius 2 is 2.35 bits per heavy atom. The number of carbonyl (C=O) groups is 1. The van der Waals surface area contributed by atoms with Gasteiger partial charge in [0.1, 0.15) is 5.82 Å². The van der Waals surface area contributed by atoms with Crippen LogP contribution in [0, 0.1) is 17.1 Å². The van der Waals surface area contributed by atoms with Crippen molar-refractivity contribution in [3.8, 4) is 6.07 Å². The molecule has 1 aromatic rings. The van der Waals surface area contributed by atoms with E-state index in [-0.39, 0.29) is 18.0 Å². The maximum Gasteiger partial charge on any atom is 0.254 e. The van der Waals surface area contributed by atoms with Crippen LogP contribution >= 0.6 is 11.6 Å². The molecule has 1 amide bonds. The van der Waals surface area contributed by atoms with E-state index < -0.39 is 11.7 Å². The van der Waals surface area contributed by atoms with Gasteiger partial charge in [0.25, 0.3) is 5.91 Å². The second kappa shape index (κ2) is 6.21. The Hall–Kier alpha value is -1.60. The summed E-state index contributed by atoms with van der Waals surface area (Å²) in [5.74, 6) is -1.18. The lowest BCUT2D eigenvalue weighted by Gasteiger charge is -2.13. The van der Waals surface area contributed by atoms with Gasteiger partial charge in [-0.1, -0.05) is 18.5 Å². The van der Waals surface area contributed by atoms with Crippen molar-refractivity contribution in [3.63, 3.8) is 0 Å². The molecule has 1 rings (SSSR count). The molecule has 1 N–H and O–H groups in total. The van der Waals surface area contributed by atoms with Crippen LogP contribution in [0.15, 0.2) is 18.2 Å². The number of rotatable bonds is 4. The number of benzene rings is 1. The zero-order valence-electron chi connectivity index (χ0n) is 9.34. The summed E-state index contributed by atoms with van der Waals surface area (Å²) < 4.78 is 13.4. The summed E-state index contributed by atoms with van der Waals surface area (Å²) >= 11 is 5.69. The van der Waals surface area contributed by atoms with Crippen molar-refractivity contribution in [1.82, 2.24) is 5.32 Å². The highest BCUT2D eigenvalue weighted by molar-refractivity contribution is 6.31. The molecule has 1 aromatic carbocycles. The number of carbonyl (C=O) groups excluding carboxylic acids is 1. The number of halogens is 2. The Morgan fingerprint density at radius 1 is 1.65 bits per heavy atom. The summed E-state index contributed by atoms with van der Waals surface area (Å²) in [6.07, 6.45) is 0.811. The molecular weight excluding hydrogens is 243 g/mol. The number of hydrogen-bond donors (Lipinski definition) is 1. The van der Waals surface area contributed by atoms with Crippen LogP contribution < -0.4 is 5.32 Å². The third-order valence-corrected chi connectivity index (χ3v) is 2.57. The SMILES string of the molecule is CCC(CC#N)NC(=O)c1cc(Cl)ccc1F. The number of nitrogens with one attached hydrogen (secondary N) is 1. The van der Waals surface area contributed by atoms with Gasteiger partial charge < -0.3 is 5.32 Å². The highest BCUT2D eigenvalue weighted by Crippen LogP contribution is 2.15. The zero-order chi connectivity index (χ0) is 12.8. The molecule has 0 bridgehead atoms. The molecule has 5 heteroatoms. The average Bonchev–Trinajstić information content (AvgIpc) is 2.31. The number of hydrogen-bond acceptors (Lipinski definition) is 2. The molecule has 0 aliphatic carbocycles. The zero-order valence-corrected chi connectivity index (χ0v) is 10.1.